The number of nitrogens with one attached hydrogen (secondary N) is 2. The Labute approximate surface area is 190 Å². The van der Waals surface area contributed by atoms with Gasteiger partial charge in [0.25, 0.3) is 5.56 Å². The van der Waals surface area contributed by atoms with Gasteiger partial charge in [-0.2, -0.15) is 0 Å². The molecule has 9 heteroatoms. The molecule has 4 rings (SSSR count). The largest absolute Gasteiger partial charge is 0.368 e. The summed E-state index contributed by atoms with van der Waals surface area (Å²) in [4.78, 5) is 47.8. The van der Waals surface area contributed by atoms with Crippen LogP contribution < -0.4 is 15.8 Å². The Kier molecular flexibility index (Phi) is 6.70. The molecular weight excluding hydrogens is 430 g/mol. The quantitative estimate of drug-likeness (QED) is 0.594. The van der Waals surface area contributed by atoms with Crippen molar-refractivity contribution >= 4 is 40.0 Å². The first kappa shape index (κ1) is 21.8. The SMILES string of the molecule is O=C(CCc1nc2ccccc2c(=O)[nH]1)NCC(=O)N1CCN(c2ccc(Cl)cc2)CC1. The van der Waals surface area contributed by atoms with E-state index in [9.17, 15) is 14.4 Å². The standard InChI is InChI=1S/C23H24ClN5O3/c24-16-5-7-17(8-6-16)28-11-13-29(14-12-28)22(31)15-25-21(30)10-9-20-26-19-4-2-1-3-18(19)23(32)27-20/h1-8H,9-15H2,(H,25,30)(H,26,27,32). The molecule has 0 spiro atoms. The monoisotopic (exact) mass is 453 g/mol. The van der Waals surface area contributed by atoms with Crippen LogP contribution in [0.3, 0.4) is 0 Å². The van der Waals surface area contributed by atoms with Gasteiger partial charge >= 0.3 is 0 Å². The molecule has 0 bridgehead atoms. The number of carbonyl (C=O) groups is 2. The molecule has 0 radical (unpaired) electrons. The van der Waals surface area contributed by atoms with Gasteiger partial charge in [0.05, 0.1) is 17.4 Å². The van der Waals surface area contributed by atoms with Crippen molar-refractivity contribution < 1.29 is 9.59 Å². The number of H-pyrrole nitrogens is 1. The topological polar surface area (TPSA) is 98.4 Å². The van der Waals surface area contributed by atoms with E-state index in [2.05, 4.69) is 20.2 Å². The van der Waals surface area contributed by atoms with Gasteiger partial charge in [-0.25, -0.2) is 4.98 Å². The number of benzene rings is 2. The molecule has 32 heavy (non-hydrogen) atoms. The van der Waals surface area contributed by atoms with Crippen LogP contribution in [0.25, 0.3) is 10.9 Å². The summed E-state index contributed by atoms with van der Waals surface area (Å²) in [5.41, 5.74) is 1.45. The first-order valence-electron chi connectivity index (χ1n) is 10.5. The second-order valence-electron chi connectivity index (χ2n) is 7.65. The summed E-state index contributed by atoms with van der Waals surface area (Å²) in [6, 6.07) is 14.7. The lowest BCUT2D eigenvalue weighted by molar-refractivity contribution is -0.133. The zero-order valence-electron chi connectivity index (χ0n) is 17.5. The number of aryl methyl sites for hydroxylation is 1. The summed E-state index contributed by atoms with van der Waals surface area (Å²) in [5.74, 6) is 0.0915. The van der Waals surface area contributed by atoms with E-state index in [0.717, 1.165) is 18.8 Å². The van der Waals surface area contributed by atoms with E-state index in [1.807, 2.05) is 30.3 Å². The molecule has 0 aliphatic carbocycles. The summed E-state index contributed by atoms with van der Waals surface area (Å²) in [7, 11) is 0. The molecule has 0 unspecified atom stereocenters. The third-order valence-corrected chi connectivity index (χ3v) is 5.76. The first-order chi connectivity index (χ1) is 15.5. The van der Waals surface area contributed by atoms with Crippen LogP contribution in [-0.4, -0.2) is 59.4 Å². The van der Waals surface area contributed by atoms with Crippen LogP contribution >= 0.6 is 11.6 Å². The molecule has 2 amide bonds. The van der Waals surface area contributed by atoms with E-state index in [-0.39, 0.29) is 30.3 Å². The van der Waals surface area contributed by atoms with E-state index < -0.39 is 0 Å². The van der Waals surface area contributed by atoms with Gasteiger partial charge in [0.1, 0.15) is 5.82 Å². The van der Waals surface area contributed by atoms with Crippen molar-refractivity contribution in [1.29, 1.82) is 0 Å². The molecule has 8 nitrogen and oxygen atoms in total. The lowest BCUT2D eigenvalue weighted by Crippen LogP contribution is -2.51. The van der Waals surface area contributed by atoms with Crippen LogP contribution in [-0.2, 0) is 16.0 Å². The Morgan fingerprint density at radius 1 is 1.03 bits per heavy atom. The van der Waals surface area contributed by atoms with Crippen LogP contribution in [0.15, 0.2) is 53.3 Å². The van der Waals surface area contributed by atoms with Crippen molar-refractivity contribution in [3.8, 4) is 0 Å². The van der Waals surface area contributed by atoms with Crippen molar-refractivity contribution in [3.63, 3.8) is 0 Å². The molecule has 3 aromatic rings. The van der Waals surface area contributed by atoms with Gasteiger partial charge in [-0.15, -0.1) is 0 Å². The number of hydrogen-bond donors (Lipinski definition) is 2. The highest BCUT2D eigenvalue weighted by molar-refractivity contribution is 6.30. The van der Waals surface area contributed by atoms with Gasteiger partial charge in [0.2, 0.25) is 11.8 Å². The molecule has 2 heterocycles. The summed E-state index contributed by atoms with van der Waals surface area (Å²) < 4.78 is 0. The Morgan fingerprint density at radius 3 is 2.50 bits per heavy atom. The Hall–Kier alpha value is -3.39. The zero-order valence-corrected chi connectivity index (χ0v) is 18.3. The smallest absolute Gasteiger partial charge is 0.258 e. The number of anilines is 1. The Balaban J connectivity index is 1.22. The predicted octanol–water partition coefficient (Wildman–Crippen LogP) is 1.97. The lowest BCUT2D eigenvalue weighted by Gasteiger charge is -2.36. The second-order valence-corrected chi connectivity index (χ2v) is 8.09. The fraction of sp³-hybridized carbons (Fsp3) is 0.304. The normalized spacial score (nSPS) is 13.9. The van der Waals surface area contributed by atoms with Gasteiger partial charge in [0.15, 0.2) is 0 Å². The van der Waals surface area contributed by atoms with Gasteiger partial charge in [-0.1, -0.05) is 23.7 Å². The molecular formula is C23H24ClN5O3. The first-order valence-corrected chi connectivity index (χ1v) is 10.9. The Bertz CT molecular complexity index is 1170. The van der Waals surface area contributed by atoms with Gasteiger partial charge in [-0.3, -0.25) is 14.4 Å². The maximum Gasteiger partial charge on any atom is 0.258 e. The summed E-state index contributed by atoms with van der Waals surface area (Å²) in [6.45, 7) is 2.60. The van der Waals surface area contributed by atoms with Gasteiger partial charge < -0.3 is 20.1 Å². The molecule has 1 aliphatic rings. The summed E-state index contributed by atoms with van der Waals surface area (Å²) in [5, 5.41) is 3.88. The van der Waals surface area contributed by atoms with E-state index in [4.69, 9.17) is 11.6 Å². The molecule has 1 aliphatic heterocycles. The van der Waals surface area contributed by atoms with Crippen molar-refractivity contribution in [2.75, 3.05) is 37.6 Å². The molecule has 0 saturated carbocycles. The summed E-state index contributed by atoms with van der Waals surface area (Å²) in [6.07, 6.45) is 0.429. The average Bonchev–Trinajstić information content (AvgIpc) is 2.82. The van der Waals surface area contributed by atoms with Crippen molar-refractivity contribution in [1.82, 2.24) is 20.2 Å². The molecule has 2 aromatic carbocycles. The average molecular weight is 454 g/mol. The maximum absolute atomic E-state index is 12.5. The van der Waals surface area contributed by atoms with Crippen LogP contribution in [0.1, 0.15) is 12.2 Å². The number of halogens is 1. The number of amides is 2. The number of fused-ring (bicyclic) bond motifs is 1. The highest BCUT2D eigenvalue weighted by Crippen LogP contribution is 2.19. The van der Waals surface area contributed by atoms with Crippen LogP contribution in [0.4, 0.5) is 5.69 Å². The van der Waals surface area contributed by atoms with Crippen molar-refractivity contribution in [3.05, 3.63) is 69.7 Å². The molecule has 0 atom stereocenters. The van der Waals surface area contributed by atoms with Crippen LogP contribution in [0, 0.1) is 0 Å². The van der Waals surface area contributed by atoms with E-state index in [1.54, 1.807) is 23.1 Å². The number of carbonyl (C=O) groups excluding carboxylic acids is 2. The summed E-state index contributed by atoms with van der Waals surface area (Å²) >= 11 is 5.94. The highest BCUT2D eigenvalue weighted by atomic mass is 35.5. The third kappa shape index (κ3) is 5.26. The Morgan fingerprint density at radius 2 is 1.75 bits per heavy atom. The van der Waals surface area contributed by atoms with Gasteiger partial charge in [-0.05, 0) is 36.4 Å². The lowest BCUT2D eigenvalue weighted by atomic mass is 10.2. The molecule has 1 aromatic heterocycles. The highest BCUT2D eigenvalue weighted by Gasteiger charge is 2.21. The third-order valence-electron chi connectivity index (χ3n) is 5.51. The predicted molar refractivity (Wildman–Crippen MR) is 124 cm³/mol. The minimum Gasteiger partial charge on any atom is -0.368 e. The number of piperazine rings is 1. The zero-order chi connectivity index (χ0) is 22.5. The second kappa shape index (κ2) is 9.82. The fourth-order valence-electron chi connectivity index (χ4n) is 3.73. The van der Waals surface area contributed by atoms with Gasteiger partial charge in [0, 0.05) is 49.7 Å². The number of rotatable bonds is 6. The minimum atomic E-state index is -0.256. The molecule has 2 N–H and O–H groups in total. The minimum absolute atomic E-state index is 0.0402. The number of para-hydroxylation sites is 1. The molecule has 1 saturated heterocycles. The number of nitrogens with zero attached hydrogens (tertiary/aromatic N) is 3. The van der Waals surface area contributed by atoms with Crippen LogP contribution in [0.2, 0.25) is 5.02 Å². The number of aromatic amines is 1. The van der Waals surface area contributed by atoms with Crippen molar-refractivity contribution in [2.45, 2.75) is 12.8 Å². The van der Waals surface area contributed by atoms with E-state index in [0.29, 0.717) is 41.3 Å². The molecule has 166 valence electrons. The van der Waals surface area contributed by atoms with E-state index >= 15 is 0 Å². The van der Waals surface area contributed by atoms with Crippen molar-refractivity contribution in [2.24, 2.45) is 0 Å². The molecule has 1 fully saturated rings. The van der Waals surface area contributed by atoms with E-state index in [1.165, 1.54) is 0 Å². The number of aromatic nitrogens is 2. The maximum atomic E-state index is 12.5. The fourth-order valence-corrected chi connectivity index (χ4v) is 3.85. The number of hydrogen-bond acceptors (Lipinski definition) is 5. The van der Waals surface area contributed by atoms with Crippen LogP contribution in [0.5, 0.6) is 0 Å².